The zero-order valence-electron chi connectivity index (χ0n) is 12.9. The number of hydrogen-bond donors (Lipinski definition) is 1. The topological polar surface area (TPSA) is 107 Å². The summed E-state index contributed by atoms with van der Waals surface area (Å²) in [6.45, 7) is 0.823. The van der Waals surface area contributed by atoms with E-state index in [0.29, 0.717) is 18.8 Å². The highest BCUT2D eigenvalue weighted by molar-refractivity contribution is 7.90. The van der Waals surface area contributed by atoms with Crippen LogP contribution in [-0.2, 0) is 23.4 Å². The summed E-state index contributed by atoms with van der Waals surface area (Å²) in [5, 5.41) is 18.1. The zero-order valence-corrected chi connectivity index (χ0v) is 13.7. The maximum Gasteiger partial charge on any atom is 0.269 e. The van der Waals surface area contributed by atoms with Crippen molar-refractivity contribution >= 4 is 15.5 Å². The molecule has 0 aliphatic rings. The highest BCUT2D eigenvalue weighted by Crippen LogP contribution is 2.24. The van der Waals surface area contributed by atoms with Crippen LogP contribution in [0.5, 0.6) is 0 Å². The molecule has 0 atom stereocenters. The average Bonchev–Trinajstić information content (AvgIpc) is 2.84. The fourth-order valence-electron chi connectivity index (χ4n) is 2.13. The number of aromatic nitrogens is 2. The predicted octanol–water partition coefficient (Wildman–Crippen LogP) is 1.13. The summed E-state index contributed by atoms with van der Waals surface area (Å²) >= 11 is 0. The Morgan fingerprint density at radius 1 is 1.30 bits per heavy atom. The van der Waals surface area contributed by atoms with E-state index >= 15 is 0 Å². The molecule has 1 aromatic carbocycles. The van der Waals surface area contributed by atoms with Crippen LogP contribution in [0, 0.1) is 10.1 Å². The smallest absolute Gasteiger partial charge is 0.269 e. The van der Waals surface area contributed by atoms with E-state index in [-0.39, 0.29) is 11.4 Å². The third-order valence-electron chi connectivity index (χ3n) is 3.22. The summed E-state index contributed by atoms with van der Waals surface area (Å²) in [5.74, 6) is 0.0696. The summed E-state index contributed by atoms with van der Waals surface area (Å²) in [6, 6.07) is 6.18. The molecule has 9 heteroatoms. The summed E-state index contributed by atoms with van der Waals surface area (Å²) < 4.78 is 23.9. The van der Waals surface area contributed by atoms with Crippen molar-refractivity contribution in [2.75, 3.05) is 18.6 Å². The van der Waals surface area contributed by atoms with Gasteiger partial charge in [-0.1, -0.05) is 0 Å². The van der Waals surface area contributed by atoms with Crippen LogP contribution in [-0.4, -0.2) is 41.7 Å². The molecule has 1 heterocycles. The highest BCUT2D eigenvalue weighted by Gasteiger charge is 2.12. The van der Waals surface area contributed by atoms with Gasteiger partial charge in [0.05, 0.1) is 16.4 Å². The number of nitrogens with zero attached hydrogens (tertiary/aromatic N) is 3. The molecule has 0 saturated carbocycles. The lowest BCUT2D eigenvalue weighted by Gasteiger charge is -2.05. The van der Waals surface area contributed by atoms with Gasteiger partial charge in [-0.3, -0.25) is 14.8 Å². The number of benzene rings is 1. The molecule has 2 aromatic rings. The molecule has 0 aliphatic heterocycles. The van der Waals surface area contributed by atoms with Crippen LogP contribution in [0.15, 0.2) is 30.5 Å². The largest absolute Gasteiger partial charge is 0.312 e. The molecule has 1 N–H and O–H groups in total. The van der Waals surface area contributed by atoms with Gasteiger partial charge in [-0.2, -0.15) is 5.10 Å². The van der Waals surface area contributed by atoms with Gasteiger partial charge < -0.3 is 5.32 Å². The molecule has 0 fully saturated rings. The fourth-order valence-corrected chi connectivity index (χ4v) is 2.65. The number of nitro groups is 1. The van der Waals surface area contributed by atoms with E-state index in [9.17, 15) is 18.5 Å². The molecule has 0 bridgehead atoms. The number of non-ortho nitro benzene ring substituents is 1. The molecule has 124 valence electrons. The number of nitrogens with one attached hydrogen (secondary N) is 1. The Morgan fingerprint density at radius 3 is 2.52 bits per heavy atom. The monoisotopic (exact) mass is 338 g/mol. The molecule has 0 saturated heterocycles. The molecule has 0 radical (unpaired) electrons. The highest BCUT2D eigenvalue weighted by atomic mass is 32.2. The van der Waals surface area contributed by atoms with Gasteiger partial charge >= 0.3 is 0 Å². The fraction of sp³-hybridized carbons (Fsp3) is 0.357. The minimum absolute atomic E-state index is 0.0255. The van der Waals surface area contributed by atoms with E-state index in [1.54, 1.807) is 23.9 Å². The molecule has 8 nitrogen and oxygen atoms in total. The number of hydrogen-bond acceptors (Lipinski definition) is 6. The number of sulfone groups is 1. The Morgan fingerprint density at radius 2 is 1.96 bits per heavy atom. The van der Waals surface area contributed by atoms with E-state index in [4.69, 9.17) is 0 Å². The van der Waals surface area contributed by atoms with E-state index < -0.39 is 14.8 Å². The predicted molar refractivity (Wildman–Crippen MR) is 86.7 cm³/mol. The second kappa shape index (κ2) is 6.88. The lowest BCUT2D eigenvalue weighted by atomic mass is 10.1. The van der Waals surface area contributed by atoms with Crippen LogP contribution >= 0.6 is 0 Å². The van der Waals surface area contributed by atoms with Gasteiger partial charge in [-0.25, -0.2) is 8.42 Å². The minimum atomic E-state index is -3.00. The molecule has 2 rings (SSSR count). The first-order chi connectivity index (χ1) is 10.8. The molecule has 0 aliphatic carbocycles. The zero-order chi connectivity index (χ0) is 17.0. The van der Waals surface area contributed by atoms with Gasteiger partial charge in [0.15, 0.2) is 0 Å². The molecular formula is C14H18N4O4S. The van der Waals surface area contributed by atoms with Crippen LogP contribution in [0.2, 0.25) is 0 Å². The first kappa shape index (κ1) is 17.1. The molecule has 1 aromatic heterocycles. The third-order valence-corrected chi connectivity index (χ3v) is 4.17. The first-order valence-electron chi connectivity index (χ1n) is 6.92. The van der Waals surface area contributed by atoms with Crippen molar-refractivity contribution in [2.45, 2.75) is 6.54 Å². The summed E-state index contributed by atoms with van der Waals surface area (Å²) in [5.41, 5.74) is 2.41. The van der Waals surface area contributed by atoms with Crippen molar-refractivity contribution in [2.24, 2.45) is 7.05 Å². The van der Waals surface area contributed by atoms with Crippen molar-refractivity contribution in [3.05, 3.63) is 46.1 Å². The Kier molecular flexibility index (Phi) is 5.12. The van der Waals surface area contributed by atoms with Crippen molar-refractivity contribution in [3.8, 4) is 11.3 Å². The van der Waals surface area contributed by atoms with Gasteiger partial charge in [0.25, 0.3) is 5.69 Å². The van der Waals surface area contributed by atoms with Crippen molar-refractivity contribution in [1.82, 2.24) is 15.1 Å². The maximum absolute atomic E-state index is 11.1. The Labute approximate surface area is 134 Å². The summed E-state index contributed by atoms with van der Waals surface area (Å²) in [6.07, 6.45) is 3.03. The Hall–Kier alpha value is -2.26. The first-order valence-corrected chi connectivity index (χ1v) is 8.98. The molecule has 0 unspecified atom stereocenters. The Balaban J connectivity index is 2.12. The van der Waals surface area contributed by atoms with Gasteiger partial charge in [0, 0.05) is 55.8 Å². The normalized spacial score (nSPS) is 11.6. The molecule has 23 heavy (non-hydrogen) atoms. The average molecular weight is 338 g/mol. The second-order valence-electron chi connectivity index (χ2n) is 5.29. The Bertz CT molecular complexity index is 797. The molecule has 0 spiro atoms. The molecule has 0 amide bonds. The summed E-state index contributed by atoms with van der Waals surface area (Å²) in [7, 11) is -1.21. The maximum atomic E-state index is 11.1. The second-order valence-corrected chi connectivity index (χ2v) is 7.55. The van der Waals surface area contributed by atoms with Crippen LogP contribution in [0.1, 0.15) is 5.56 Å². The lowest BCUT2D eigenvalue weighted by Crippen LogP contribution is -2.22. The van der Waals surface area contributed by atoms with E-state index in [2.05, 4.69) is 10.4 Å². The standard InChI is InChI=1S/C14H18N4O4S/c1-17-10-12(9-15-7-8-23(2,21)22)14(16-17)11-3-5-13(6-4-11)18(19)20/h3-6,10,15H,7-9H2,1-2H3. The van der Waals surface area contributed by atoms with E-state index in [1.165, 1.54) is 18.4 Å². The SMILES string of the molecule is Cn1cc(CNCCS(C)(=O)=O)c(-c2ccc([N+](=O)[O-])cc2)n1. The van der Waals surface area contributed by atoms with Crippen molar-refractivity contribution < 1.29 is 13.3 Å². The number of aryl methyl sites for hydroxylation is 1. The van der Waals surface area contributed by atoms with Gasteiger partial charge in [0.2, 0.25) is 0 Å². The van der Waals surface area contributed by atoms with Crippen LogP contribution < -0.4 is 5.32 Å². The number of rotatable bonds is 7. The van der Waals surface area contributed by atoms with Gasteiger partial charge in [0.1, 0.15) is 9.84 Å². The minimum Gasteiger partial charge on any atom is -0.312 e. The van der Waals surface area contributed by atoms with E-state index in [0.717, 1.165) is 11.1 Å². The van der Waals surface area contributed by atoms with Gasteiger partial charge in [-0.05, 0) is 12.1 Å². The van der Waals surface area contributed by atoms with E-state index in [1.807, 2.05) is 6.20 Å². The van der Waals surface area contributed by atoms with Crippen LogP contribution in [0.25, 0.3) is 11.3 Å². The lowest BCUT2D eigenvalue weighted by molar-refractivity contribution is -0.384. The van der Waals surface area contributed by atoms with Crippen LogP contribution in [0.3, 0.4) is 0 Å². The molecular weight excluding hydrogens is 320 g/mol. The van der Waals surface area contributed by atoms with Crippen LogP contribution in [0.4, 0.5) is 5.69 Å². The third kappa shape index (κ3) is 4.86. The van der Waals surface area contributed by atoms with Crippen molar-refractivity contribution in [3.63, 3.8) is 0 Å². The van der Waals surface area contributed by atoms with Gasteiger partial charge in [-0.15, -0.1) is 0 Å². The quantitative estimate of drug-likeness (QED) is 0.461. The number of nitro benzene ring substituents is 1. The van der Waals surface area contributed by atoms with Crippen molar-refractivity contribution in [1.29, 1.82) is 0 Å². The summed E-state index contributed by atoms with van der Waals surface area (Å²) in [4.78, 5) is 10.3.